The van der Waals surface area contributed by atoms with Gasteiger partial charge < -0.3 is 19.3 Å². The van der Waals surface area contributed by atoms with Crippen molar-refractivity contribution in [3.63, 3.8) is 0 Å². The molecule has 0 aromatic rings. The van der Waals surface area contributed by atoms with Crippen molar-refractivity contribution in [2.45, 2.75) is 70.9 Å². The van der Waals surface area contributed by atoms with E-state index < -0.39 is 17.5 Å². The van der Waals surface area contributed by atoms with Crippen LogP contribution in [0.1, 0.15) is 41.0 Å². The second kappa shape index (κ2) is 3.67. The van der Waals surface area contributed by atoms with Crippen molar-refractivity contribution < 1.29 is 19.3 Å². The summed E-state index contributed by atoms with van der Waals surface area (Å²) in [6.07, 6.45) is -0.191. The van der Waals surface area contributed by atoms with Crippen molar-refractivity contribution in [3.8, 4) is 0 Å². The van der Waals surface area contributed by atoms with E-state index in [1.165, 1.54) is 0 Å². The minimum absolute atomic E-state index is 0.0791. The summed E-state index contributed by atoms with van der Waals surface area (Å²) in [4.78, 5) is 0. The molecule has 4 heteroatoms. The monoisotopic (exact) mass is 230 g/mol. The quantitative estimate of drug-likeness (QED) is 0.783. The highest BCUT2D eigenvalue weighted by atomic mass is 16.8. The molecular formula is C12H22O4. The Kier molecular flexibility index (Phi) is 2.82. The number of hydrogen-bond acceptors (Lipinski definition) is 4. The molecule has 0 aliphatic carbocycles. The first-order chi connectivity index (χ1) is 7.32. The van der Waals surface area contributed by atoms with Crippen molar-refractivity contribution in [3.05, 3.63) is 0 Å². The van der Waals surface area contributed by atoms with E-state index in [1.54, 1.807) is 6.92 Å². The van der Waals surface area contributed by atoms with E-state index in [-0.39, 0.29) is 18.3 Å². The van der Waals surface area contributed by atoms with E-state index in [0.29, 0.717) is 0 Å². The predicted octanol–water partition coefficient (Wildman–Crippen LogP) is 1.66. The van der Waals surface area contributed by atoms with Crippen molar-refractivity contribution >= 4 is 0 Å². The number of hydrogen-bond donors (Lipinski definition) is 1. The summed E-state index contributed by atoms with van der Waals surface area (Å²) in [5.41, 5.74) is -0.536. The molecule has 1 N–H and O–H groups in total. The molecule has 2 heterocycles. The molecule has 2 saturated heterocycles. The Bertz CT molecular complexity index is 276. The molecular weight excluding hydrogens is 208 g/mol. The SMILES string of the molecule is CC[C@]1([C@H](C)O)O[C@@H]2OC(C)(C)O[C@@H]2[C@@H]1C. The first-order valence-electron chi connectivity index (χ1n) is 6.04. The second-order valence-electron chi connectivity index (χ2n) is 5.36. The van der Waals surface area contributed by atoms with Crippen LogP contribution in [0.25, 0.3) is 0 Å². The summed E-state index contributed by atoms with van der Waals surface area (Å²) in [6.45, 7) is 9.63. The summed E-state index contributed by atoms with van der Waals surface area (Å²) >= 11 is 0. The van der Waals surface area contributed by atoms with Crippen LogP contribution in [0, 0.1) is 5.92 Å². The fourth-order valence-corrected chi connectivity index (χ4v) is 2.97. The molecule has 2 aliphatic heterocycles. The van der Waals surface area contributed by atoms with Crippen LogP contribution in [0.15, 0.2) is 0 Å². The summed E-state index contributed by atoms with van der Waals surface area (Å²) in [5.74, 6) is -0.452. The zero-order chi connectivity index (χ0) is 12.1. The van der Waals surface area contributed by atoms with Gasteiger partial charge in [-0.15, -0.1) is 0 Å². The van der Waals surface area contributed by atoms with Gasteiger partial charge in [-0.25, -0.2) is 0 Å². The summed E-state index contributed by atoms with van der Waals surface area (Å²) in [7, 11) is 0. The normalized spacial score (nSPS) is 48.0. The lowest BCUT2D eigenvalue weighted by Crippen LogP contribution is -2.47. The van der Waals surface area contributed by atoms with Gasteiger partial charge in [0.05, 0.1) is 6.10 Å². The lowest BCUT2D eigenvalue weighted by atomic mass is 9.81. The lowest BCUT2D eigenvalue weighted by Gasteiger charge is -2.37. The van der Waals surface area contributed by atoms with Gasteiger partial charge in [0.1, 0.15) is 11.7 Å². The number of aliphatic hydroxyl groups excluding tert-OH is 1. The topological polar surface area (TPSA) is 47.9 Å². The van der Waals surface area contributed by atoms with E-state index in [0.717, 1.165) is 6.42 Å². The molecule has 4 nitrogen and oxygen atoms in total. The number of ether oxygens (including phenoxy) is 3. The highest BCUT2D eigenvalue weighted by Gasteiger charge is 2.60. The maximum atomic E-state index is 9.92. The molecule has 0 spiro atoms. The first-order valence-corrected chi connectivity index (χ1v) is 6.04. The molecule has 0 unspecified atom stereocenters. The first kappa shape index (κ1) is 12.3. The van der Waals surface area contributed by atoms with Crippen molar-refractivity contribution in [1.29, 1.82) is 0 Å². The Morgan fingerprint density at radius 1 is 1.25 bits per heavy atom. The van der Waals surface area contributed by atoms with Crippen molar-refractivity contribution in [1.82, 2.24) is 0 Å². The van der Waals surface area contributed by atoms with Crippen LogP contribution in [0.2, 0.25) is 0 Å². The fraction of sp³-hybridized carbons (Fsp3) is 1.00. The molecule has 0 radical (unpaired) electrons. The van der Waals surface area contributed by atoms with Gasteiger partial charge in [-0.3, -0.25) is 0 Å². The van der Waals surface area contributed by atoms with Gasteiger partial charge in [0.15, 0.2) is 12.1 Å². The van der Waals surface area contributed by atoms with Crippen molar-refractivity contribution in [2.24, 2.45) is 5.92 Å². The molecule has 5 atom stereocenters. The average Bonchev–Trinajstić information content (AvgIpc) is 2.59. The third-order valence-electron chi connectivity index (χ3n) is 3.95. The second-order valence-corrected chi connectivity index (χ2v) is 5.36. The zero-order valence-electron chi connectivity index (χ0n) is 10.7. The maximum absolute atomic E-state index is 9.92. The Labute approximate surface area is 96.9 Å². The third-order valence-corrected chi connectivity index (χ3v) is 3.95. The summed E-state index contributed by atoms with van der Waals surface area (Å²) in [5, 5.41) is 9.92. The molecule has 94 valence electrons. The van der Waals surface area contributed by atoms with E-state index in [2.05, 4.69) is 6.92 Å². The molecule has 2 rings (SSSR count). The van der Waals surface area contributed by atoms with Crippen LogP contribution in [0.4, 0.5) is 0 Å². The zero-order valence-corrected chi connectivity index (χ0v) is 10.7. The Morgan fingerprint density at radius 2 is 1.88 bits per heavy atom. The third kappa shape index (κ3) is 1.59. The van der Waals surface area contributed by atoms with Crippen LogP contribution in [0.3, 0.4) is 0 Å². The molecule has 0 aromatic heterocycles. The molecule has 0 amide bonds. The standard InChI is InChI=1S/C12H22O4/c1-6-12(8(3)13)7(2)9-10(16-12)15-11(4,5)14-9/h7-10,13H,6H2,1-5H3/t7-,8-,9+,10-,12-/m0/s1. The molecule has 0 aromatic carbocycles. The largest absolute Gasteiger partial charge is 0.390 e. The molecule has 0 bridgehead atoms. The Morgan fingerprint density at radius 3 is 2.31 bits per heavy atom. The molecule has 2 aliphatic rings. The minimum Gasteiger partial charge on any atom is -0.390 e. The van der Waals surface area contributed by atoms with Crippen LogP contribution < -0.4 is 0 Å². The molecule has 2 fully saturated rings. The smallest absolute Gasteiger partial charge is 0.188 e. The minimum atomic E-state index is -0.581. The lowest BCUT2D eigenvalue weighted by molar-refractivity contribution is -0.248. The van der Waals surface area contributed by atoms with Gasteiger partial charge in [0.25, 0.3) is 0 Å². The van der Waals surface area contributed by atoms with E-state index in [9.17, 15) is 5.11 Å². The highest BCUT2D eigenvalue weighted by Crippen LogP contribution is 2.48. The highest BCUT2D eigenvalue weighted by molar-refractivity contribution is 5.02. The van der Waals surface area contributed by atoms with Gasteiger partial charge in [-0.05, 0) is 27.2 Å². The van der Waals surface area contributed by atoms with Crippen LogP contribution in [0.5, 0.6) is 0 Å². The summed E-state index contributed by atoms with van der Waals surface area (Å²) in [6, 6.07) is 0. The van der Waals surface area contributed by atoms with Crippen LogP contribution in [-0.4, -0.2) is 35.0 Å². The Balaban J connectivity index is 2.21. The Hall–Kier alpha value is -0.160. The summed E-state index contributed by atoms with van der Waals surface area (Å²) < 4.78 is 17.5. The van der Waals surface area contributed by atoms with Gasteiger partial charge in [-0.1, -0.05) is 13.8 Å². The van der Waals surface area contributed by atoms with Crippen LogP contribution >= 0.6 is 0 Å². The van der Waals surface area contributed by atoms with E-state index >= 15 is 0 Å². The van der Waals surface area contributed by atoms with Gasteiger partial charge in [0, 0.05) is 5.92 Å². The number of fused-ring (bicyclic) bond motifs is 1. The number of rotatable bonds is 2. The average molecular weight is 230 g/mol. The van der Waals surface area contributed by atoms with Gasteiger partial charge in [-0.2, -0.15) is 0 Å². The maximum Gasteiger partial charge on any atom is 0.188 e. The van der Waals surface area contributed by atoms with E-state index in [4.69, 9.17) is 14.2 Å². The molecule has 0 saturated carbocycles. The van der Waals surface area contributed by atoms with Crippen molar-refractivity contribution in [2.75, 3.05) is 0 Å². The fourth-order valence-electron chi connectivity index (χ4n) is 2.97. The molecule has 16 heavy (non-hydrogen) atoms. The predicted molar refractivity (Wildman–Crippen MR) is 58.8 cm³/mol. The van der Waals surface area contributed by atoms with Gasteiger partial charge in [0.2, 0.25) is 0 Å². The van der Waals surface area contributed by atoms with E-state index in [1.807, 2.05) is 20.8 Å². The van der Waals surface area contributed by atoms with Gasteiger partial charge >= 0.3 is 0 Å². The van der Waals surface area contributed by atoms with Crippen LogP contribution in [-0.2, 0) is 14.2 Å². The number of aliphatic hydroxyl groups is 1.